The van der Waals surface area contributed by atoms with Crippen molar-refractivity contribution in [3.63, 3.8) is 0 Å². The van der Waals surface area contributed by atoms with Crippen LogP contribution >= 0.6 is 11.3 Å². The second-order valence-electron chi connectivity index (χ2n) is 3.78. The number of aryl methyl sites for hydroxylation is 1. The molecule has 0 unspecified atom stereocenters. The lowest BCUT2D eigenvalue weighted by Crippen LogP contribution is -1.79. The molecule has 0 saturated carbocycles. The average Bonchev–Trinajstić information content (AvgIpc) is 2.94. The maximum absolute atomic E-state index is 10.8. The summed E-state index contributed by atoms with van der Waals surface area (Å²) in [6, 6.07) is 5.80. The molecular formula is C12H9N3OS. The summed E-state index contributed by atoms with van der Waals surface area (Å²) in [5.41, 5.74) is 3.35. The van der Waals surface area contributed by atoms with Crippen LogP contribution in [0.1, 0.15) is 16.2 Å². The number of hydrogen-bond acceptors (Lipinski definition) is 4. The van der Waals surface area contributed by atoms with Crippen molar-refractivity contribution < 1.29 is 4.79 Å². The predicted octanol–water partition coefficient (Wildman–Crippen LogP) is 2.81. The minimum atomic E-state index is 0.516. The third kappa shape index (κ3) is 1.64. The van der Waals surface area contributed by atoms with E-state index in [1.807, 2.05) is 30.5 Å². The highest BCUT2D eigenvalue weighted by molar-refractivity contribution is 7.13. The molecule has 0 radical (unpaired) electrons. The molecule has 17 heavy (non-hydrogen) atoms. The first-order valence-corrected chi connectivity index (χ1v) is 6.01. The molecular weight excluding hydrogens is 234 g/mol. The Kier molecular flexibility index (Phi) is 2.26. The molecule has 0 bridgehead atoms. The van der Waals surface area contributed by atoms with Crippen LogP contribution < -0.4 is 0 Å². The van der Waals surface area contributed by atoms with Gasteiger partial charge in [-0.2, -0.15) is 5.10 Å². The van der Waals surface area contributed by atoms with E-state index in [2.05, 4.69) is 15.2 Å². The average molecular weight is 243 g/mol. The lowest BCUT2D eigenvalue weighted by atomic mass is 10.1. The van der Waals surface area contributed by atoms with Gasteiger partial charge in [-0.3, -0.25) is 9.89 Å². The fourth-order valence-electron chi connectivity index (χ4n) is 1.74. The number of aromatic amines is 1. The van der Waals surface area contributed by atoms with Gasteiger partial charge in [-0.1, -0.05) is 6.07 Å². The first kappa shape index (κ1) is 10.2. The maximum atomic E-state index is 10.8. The number of nitrogens with zero attached hydrogens (tertiary/aromatic N) is 2. The Morgan fingerprint density at radius 2 is 2.29 bits per heavy atom. The van der Waals surface area contributed by atoms with Gasteiger partial charge in [-0.25, -0.2) is 4.98 Å². The Morgan fingerprint density at radius 1 is 1.41 bits per heavy atom. The van der Waals surface area contributed by atoms with Crippen LogP contribution in [-0.2, 0) is 0 Å². The standard InChI is InChI=1S/C12H9N3OS/c1-7-6-17-12(13-7)8-2-3-9-10(4-8)14-15-11(9)5-16/h2-6H,1H3,(H,14,15). The van der Waals surface area contributed by atoms with Crippen LogP contribution in [0.25, 0.3) is 21.5 Å². The first-order valence-electron chi connectivity index (χ1n) is 5.14. The second-order valence-corrected chi connectivity index (χ2v) is 4.64. The van der Waals surface area contributed by atoms with Crippen LogP contribution in [-0.4, -0.2) is 21.5 Å². The molecule has 84 valence electrons. The van der Waals surface area contributed by atoms with Crippen molar-refractivity contribution in [3.8, 4) is 10.6 Å². The van der Waals surface area contributed by atoms with Gasteiger partial charge in [0.15, 0.2) is 6.29 Å². The van der Waals surface area contributed by atoms with Crippen LogP contribution in [0.2, 0.25) is 0 Å². The molecule has 1 N–H and O–H groups in total. The molecule has 2 heterocycles. The molecule has 0 aliphatic rings. The Hall–Kier alpha value is -2.01. The van der Waals surface area contributed by atoms with Crippen LogP contribution in [0.3, 0.4) is 0 Å². The fraction of sp³-hybridized carbons (Fsp3) is 0.0833. The van der Waals surface area contributed by atoms with Gasteiger partial charge in [-0.15, -0.1) is 11.3 Å². The highest BCUT2D eigenvalue weighted by atomic mass is 32.1. The largest absolute Gasteiger partial charge is 0.296 e. The van der Waals surface area contributed by atoms with E-state index in [9.17, 15) is 4.79 Å². The molecule has 5 heteroatoms. The lowest BCUT2D eigenvalue weighted by molar-refractivity contribution is 0.112. The molecule has 0 spiro atoms. The maximum Gasteiger partial charge on any atom is 0.168 e. The summed E-state index contributed by atoms with van der Waals surface area (Å²) in [7, 11) is 0. The lowest BCUT2D eigenvalue weighted by Gasteiger charge is -1.95. The Balaban J connectivity index is 2.17. The molecule has 4 nitrogen and oxygen atoms in total. The van der Waals surface area contributed by atoms with Crippen LogP contribution in [0.5, 0.6) is 0 Å². The summed E-state index contributed by atoms with van der Waals surface area (Å²) in [6.07, 6.45) is 0.780. The van der Waals surface area contributed by atoms with E-state index in [-0.39, 0.29) is 0 Å². The van der Waals surface area contributed by atoms with Gasteiger partial charge in [0, 0.05) is 22.0 Å². The summed E-state index contributed by atoms with van der Waals surface area (Å²) in [5, 5.41) is 10.6. The molecule has 3 rings (SSSR count). The van der Waals surface area contributed by atoms with Crippen LogP contribution in [0, 0.1) is 6.92 Å². The molecule has 0 atom stereocenters. The third-order valence-electron chi connectivity index (χ3n) is 2.57. The Bertz CT molecular complexity index is 699. The molecule has 0 saturated heterocycles. The van der Waals surface area contributed by atoms with Crippen LogP contribution in [0.4, 0.5) is 0 Å². The summed E-state index contributed by atoms with van der Waals surface area (Å²) in [5.74, 6) is 0. The van der Waals surface area contributed by atoms with Crippen molar-refractivity contribution in [1.82, 2.24) is 15.2 Å². The number of carbonyl (C=O) groups excluding carboxylic acids is 1. The topological polar surface area (TPSA) is 58.6 Å². The van der Waals surface area contributed by atoms with Gasteiger partial charge < -0.3 is 0 Å². The first-order chi connectivity index (χ1) is 8.28. The Labute approximate surface area is 101 Å². The summed E-state index contributed by atoms with van der Waals surface area (Å²) >= 11 is 1.61. The zero-order chi connectivity index (χ0) is 11.8. The van der Waals surface area contributed by atoms with Crippen LogP contribution in [0.15, 0.2) is 23.6 Å². The number of rotatable bonds is 2. The molecule has 0 fully saturated rings. The summed E-state index contributed by atoms with van der Waals surface area (Å²) in [4.78, 5) is 15.2. The number of aldehydes is 1. The van der Waals surface area contributed by atoms with Crippen molar-refractivity contribution in [3.05, 3.63) is 35.0 Å². The van der Waals surface area contributed by atoms with Gasteiger partial charge >= 0.3 is 0 Å². The Morgan fingerprint density at radius 3 is 3.00 bits per heavy atom. The zero-order valence-electron chi connectivity index (χ0n) is 9.10. The summed E-state index contributed by atoms with van der Waals surface area (Å²) < 4.78 is 0. The van der Waals surface area contributed by atoms with E-state index in [1.54, 1.807) is 11.3 Å². The van der Waals surface area contributed by atoms with Crippen molar-refractivity contribution in [1.29, 1.82) is 0 Å². The van der Waals surface area contributed by atoms with Crippen molar-refractivity contribution in [2.24, 2.45) is 0 Å². The van der Waals surface area contributed by atoms with E-state index in [1.165, 1.54) is 0 Å². The molecule has 1 aromatic carbocycles. The number of H-pyrrole nitrogens is 1. The molecule has 0 aliphatic heterocycles. The van der Waals surface area contributed by atoms with Gasteiger partial charge in [0.1, 0.15) is 10.7 Å². The smallest absolute Gasteiger partial charge is 0.168 e. The van der Waals surface area contributed by atoms with E-state index in [0.29, 0.717) is 5.69 Å². The third-order valence-corrected chi connectivity index (χ3v) is 3.58. The highest BCUT2D eigenvalue weighted by Gasteiger charge is 2.08. The minimum Gasteiger partial charge on any atom is -0.296 e. The van der Waals surface area contributed by atoms with Gasteiger partial charge in [0.05, 0.1) is 5.52 Å². The molecule has 0 amide bonds. The number of benzene rings is 1. The second kappa shape index (κ2) is 3.78. The van der Waals surface area contributed by atoms with Crippen molar-refractivity contribution in [2.75, 3.05) is 0 Å². The van der Waals surface area contributed by atoms with E-state index < -0.39 is 0 Å². The monoisotopic (exact) mass is 243 g/mol. The quantitative estimate of drug-likeness (QED) is 0.704. The van der Waals surface area contributed by atoms with Gasteiger partial charge in [0.25, 0.3) is 0 Å². The molecule has 0 aliphatic carbocycles. The fourth-order valence-corrected chi connectivity index (χ4v) is 2.54. The molecule has 2 aromatic heterocycles. The molecule has 3 aromatic rings. The van der Waals surface area contributed by atoms with E-state index in [4.69, 9.17) is 0 Å². The number of thiazole rings is 1. The van der Waals surface area contributed by atoms with Crippen molar-refractivity contribution >= 4 is 28.5 Å². The number of nitrogens with one attached hydrogen (secondary N) is 1. The zero-order valence-corrected chi connectivity index (χ0v) is 9.91. The minimum absolute atomic E-state index is 0.516. The van der Waals surface area contributed by atoms with Gasteiger partial charge in [0.2, 0.25) is 0 Å². The summed E-state index contributed by atoms with van der Waals surface area (Å²) in [6.45, 7) is 1.97. The predicted molar refractivity (Wildman–Crippen MR) is 67.3 cm³/mol. The number of fused-ring (bicyclic) bond motifs is 1. The SMILES string of the molecule is Cc1csc(-c2ccc3c(C=O)[nH]nc3c2)n1. The number of aromatic nitrogens is 3. The van der Waals surface area contributed by atoms with E-state index in [0.717, 1.165) is 33.5 Å². The number of carbonyl (C=O) groups is 1. The van der Waals surface area contributed by atoms with Crippen molar-refractivity contribution in [2.45, 2.75) is 6.92 Å². The van der Waals surface area contributed by atoms with E-state index >= 15 is 0 Å². The number of hydrogen-bond donors (Lipinski definition) is 1. The van der Waals surface area contributed by atoms with Gasteiger partial charge in [-0.05, 0) is 19.1 Å². The highest BCUT2D eigenvalue weighted by Crippen LogP contribution is 2.26. The normalized spacial score (nSPS) is 10.9.